The molecule has 5 unspecified atom stereocenters. The van der Waals surface area contributed by atoms with Gasteiger partial charge >= 0.3 is 12.3 Å². The van der Waals surface area contributed by atoms with Gasteiger partial charge in [0, 0.05) is 70.3 Å². The first-order valence-corrected chi connectivity index (χ1v) is 12.3. The molecule has 1 aromatic rings. The number of aromatic nitrogens is 1. The van der Waals surface area contributed by atoms with Crippen molar-refractivity contribution in [1.82, 2.24) is 20.1 Å². The minimum Gasteiger partial charge on any atom is -0.465 e. The van der Waals surface area contributed by atoms with Crippen molar-refractivity contribution in [3.8, 4) is 0 Å². The van der Waals surface area contributed by atoms with E-state index in [1.165, 1.54) is 4.90 Å². The van der Waals surface area contributed by atoms with Crippen molar-refractivity contribution in [2.24, 2.45) is 11.3 Å². The van der Waals surface area contributed by atoms with Crippen LogP contribution in [0.4, 0.5) is 18.0 Å². The highest BCUT2D eigenvalue weighted by Gasteiger charge is 2.60. The van der Waals surface area contributed by atoms with Crippen molar-refractivity contribution < 1.29 is 37.3 Å². The summed E-state index contributed by atoms with van der Waals surface area (Å²) in [7, 11) is 1.64. The molecule has 12 heteroatoms. The number of nitrogens with one attached hydrogen (secondary N) is 1. The molecule has 0 spiro atoms. The van der Waals surface area contributed by atoms with E-state index in [1.807, 2.05) is 0 Å². The minimum atomic E-state index is -4.51. The van der Waals surface area contributed by atoms with Crippen molar-refractivity contribution >= 4 is 12.0 Å². The average Bonchev–Trinajstić information content (AvgIpc) is 3.38. The van der Waals surface area contributed by atoms with Crippen molar-refractivity contribution in [3.05, 3.63) is 29.1 Å². The van der Waals surface area contributed by atoms with Gasteiger partial charge in [0.2, 0.25) is 5.91 Å². The van der Waals surface area contributed by atoms with Gasteiger partial charge in [-0.25, -0.2) is 4.79 Å². The van der Waals surface area contributed by atoms with Crippen LogP contribution < -0.4 is 5.32 Å². The molecule has 198 valence electrons. The predicted octanol–water partition coefficient (Wildman–Crippen LogP) is 2.14. The first-order valence-electron chi connectivity index (χ1n) is 12.3. The van der Waals surface area contributed by atoms with E-state index in [0.717, 1.165) is 18.7 Å². The highest BCUT2D eigenvalue weighted by molar-refractivity contribution is 5.85. The molecule has 2 N–H and O–H groups in total. The first kappa shape index (κ1) is 25.2. The van der Waals surface area contributed by atoms with Crippen LogP contribution >= 0.6 is 0 Å². The lowest BCUT2D eigenvalue weighted by Crippen LogP contribution is -2.52. The fraction of sp³-hybridized carbons (Fsp3) is 0.708. The summed E-state index contributed by atoms with van der Waals surface area (Å²) in [6.07, 6.45) is -2.58. The van der Waals surface area contributed by atoms with Gasteiger partial charge in [-0.05, 0) is 36.8 Å². The summed E-state index contributed by atoms with van der Waals surface area (Å²) in [6.45, 7) is 1.85. The second-order valence-corrected chi connectivity index (χ2v) is 10.4. The molecule has 9 nitrogen and oxygen atoms in total. The van der Waals surface area contributed by atoms with Gasteiger partial charge in [0.1, 0.15) is 0 Å². The van der Waals surface area contributed by atoms with E-state index in [-0.39, 0.29) is 49.6 Å². The van der Waals surface area contributed by atoms with Crippen molar-refractivity contribution in [1.29, 1.82) is 0 Å². The molecule has 36 heavy (non-hydrogen) atoms. The lowest BCUT2D eigenvalue weighted by atomic mass is 9.78. The molecule has 2 amide bonds. The molecule has 0 radical (unpaired) electrons. The first-order chi connectivity index (χ1) is 17.1. The number of hydrogen-bond donors (Lipinski definition) is 2. The number of fused-ring (bicyclic) bond motifs is 2. The number of carbonyl (C=O) groups is 2. The number of alkyl halides is 3. The summed E-state index contributed by atoms with van der Waals surface area (Å²) in [5.41, 5.74) is -0.783. The second kappa shape index (κ2) is 9.46. The largest absolute Gasteiger partial charge is 0.465 e. The Morgan fingerprint density at radius 1 is 1.33 bits per heavy atom. The third kappa shape index (κ3) is 4.54. The number of amides is 2. The number of pyridine rings is 1. The van der Waals surface area contributed by atoms with Crippen LogP contribution in [0.3, 0.4) is 0 Å². The van der Waals surface area contributed by atoms with Gasteiger partial charge < -0.3 is 29.7 Å². The lowest BCUT2D eigenvalue weighted by Gasteiger charge is -2.37. The molecular weight excluding hydrogens is 481 g/mol. The molecule has 5 rings (SSSR count). The summed E-state index contributed by atoms with van der Waals surface area (Å²) < 4.78 is 50.8. The molecular formula is C24H31F3N4O5. The fourth-order valence-corrected chi connectivity index (χ4v) is 6.48. The SMILES string of the molecule is COC1COCCC1NC1CC2CN(C(=O)O)CC2(C(=O)N2CCc3ncc(C(F)(F)F)cc3C2)C1. The number of ether oxygens (including phenoxy) is 2. The normalized spacial score (nSPS) is 32.3. The van der Waals surface area contributed by atoms with E-state index < -0.39 is 23.2 Å². The lowest BCUT2D eigenvalue weighted by molar-refractivity contribution is -0.143. The topological polar surface area (TPSA) is 104 Å². The fourth-order valence-electron chi connectivity index (χ4n) is 6.48. The molecule has 4 heterocycles. The number of likely N-dealkylation sites (tertiary alicyclic amines) is 1. The van der Waals surface area contributed by atoms with E-state index in [9.17, 15) is 27.9 Å². The highest BCUT2D eigenvalue weighted by atomic mass is 19.4. The van der Waals surface area contributed by atoms with E-state index in [0.29, 0.717) is 50.3 Å². The Labute approximate surface area is 206 Å². The molecule has 1 saturated carbocycles. The number of carbonyl (C=O) groups excluding carboxylic acids is 1. The zero-order chi connectivity index (χ0) is 25.7. The molecule has 0 bridgehead atoms. The van der Waals surface area contributed by atoms with Crippen molar-refractivity contribution in [3.63, 3.8) is 0 Å². The van der Waals surface area contributed by atoms with Gasteiger partial charge in [-0.15, -0.1) is 0 Å². The molecule has 0 aromatic carbocycles. The van der Waals surface area contributed by atoms with E-state index in [1.54, 1.807) is 12.0 Å². The summed E-state index contributed by atoms with van der Waals surface area (Å²) in [6, 6.07) is 1.15. The van der Waals surface area contributed by atoms with E-state index in [4.69, 9.17) is 9.47 Å². The Kier molecular flexibility index (Phi) is 6.63. The Morgan fingerprint density at radius 3 is 2.86 bits per heavy atom. The molecule has 5 atom stereocenters. The van der Waals surface area contributed by atoms with Crippen molar-refractivity contribution in [2.75, 3.05) is 40.0 Å². The number of carboxylic acid groups (broad SMARTS) is 1. The molecule has 3 aliphatic heterocycles. The smallest absolute Gasteiger partial charge is 0.417 e. The van der Waals surface area contributed by atoms with E-state index in [2.05, 4.69) is 10.3 Å². The van der Waals surface area contributed by atoms with Gasteiger partial charge in [0.15, 0.2) is 0 Å². The maximum Gasteiger partial charge on any atom is 0.417 e. The Bertz CT molecular complexity index is 1020. The zero-order valence-corrected chi connectivity index (χ0v) is 20.1. The molecule has 2 saturated heterocycles. The summed E-state index contributed by atoms with van der Waals surface area (Å²) >= 11 is 0. The number of methoxy groups -OCH3 is 1. The van der Waals surface area contributed by atoms with Crippen molar-refractivity contribution in [2.45, 2.75) is 56.6 Å². The molecule has 4 aliphatic rings. The van der Waals surface area contributed by atoms with Crippen LogP contribution in [0.15, 0.2) is 12.3 Å². The minimum absolute atomic E-state index is 0.00576. The van der Waals surface area contributed by atoms with Crippen LogP contribution in [0.1, 0.15) is 36.1 Å². The maximum absolute atomic E-state index is 14.0. The number of nitrogens with zero attached hydrogens (tertiary/aromatic N) is 3. The van der Waals surface area contributed by atoms with Gasteiger partial charge in [0.05, 0.1) is 23.7 Å². The van der Waals surface area contributed by atoms with Crippen LogP contribution in [-0.2, 0) is 33.4 Å². The highest BCUT2D eigenvalue weighted by Crippen LogP contribution is 2.50. The Morgan fingerprint density at radius 2 is 2.14 bits per heavy atom. The van der Waals surface area contributed by atoms with Gasteiger partial charge in [-0.1, -0.05) is 0 Å². The third-order valence-electron chi connectivity index (χ3n) is 8.28. The summed E-state index contributed by atoms with van der Waals surface area (Å²) in [5.74, 6) is -0.348. The van der Waals surface area contributed by atoms with Gasteiger partial charge in [0.25, 0.3) is 0 Å². The standard InChI is InChI=1S/C24H31F3N4O5/c1-35-20-12-36-5-3-19(20)29-17-7-16-11-31(22(33)34)13-23(16,8-17)21(32)30-4-2-18-14(10-30)6-15(9-28-18)24(25,26)27/h6,9,16-17,19-20,29H,2-5,7-8,10-13H2,1H3,(H,33,34). The zero-order valence-electron chi connectivity index (χ0n) is 20.1. The van der Waals surface area contributed by atoms with E-state index >= 15 is 0 Å². The van der Waals surface area contributed by atoms with Crippen LogP contribution in [0.5, 0.6) is 0 Å². The number of hydrogen-bond acceptors (Lipinski definition) is 6. The second-order valence-electron chi connectivity index (χ2n) is 10.4. The molecule has 1 aromatic heterocycles. The third-order valence-corrected chi connectivity index (χ3v) is 8.28. The molecule has 1 aliphatic carbocycles. The van der Waals surface area contributed by atoms with Crippen LogP contribution in [0.2, 0.25) is 0 Å². The Balaban J connectivity index is 1.36. The maximum atomic E-state index is 14.0. The summed E-state index contributed by atoms with van der Waals surface area (Å²) in [5, 5.41) is 13.3. The average molecular weight is 513 g/mol. The predicted molar refractivity (Wildman–Crippen MR) is 120 cm³/mol. The number of rotatable bonds is 4. The van der Waals surface area contributed by atoms with Gasteiger partial charge in [-0.2, -0.15) is 13.2 Å². The monoisotopic (exact) mass is 512 g/mol. The molecule has 3 fully saturated rings. The van der Waals surface area contributed by atoms with Gasteiger partial charge in [-0.3, -0.25) is 9.78 Å². The van der Waals surface area contributed by atoms with Crippen LogP contribution in [-0.4, -0.2) is 90.0 Å². The Hall–Kier alpha value is -2.44. The van der Waals surface area contributed by atoms with Crippen LogP contribution in [0.25, 0.3) is 0 Å². The number of halogens is 3. The quantitative estimate of drug-likeness (QED) is 0.637. The van der Waals surface area contributed by atoms with Crippen LogP contribution in [0, 0.1) is 11.3 Å². The summed E-state index contributed by atoms with van der Waals surface area (Å²) in [4.78, 5) is 32.7.